The van der Waals surface area contributed by atoms with Gasteiger partial charge in [0.25, 0.3) is 0 Å². The third-order valence-electron chi connectivity index (χ3n) is 3.55. The highest BCUT2D eigenvalue weighted by atomic mass is 32.2. The summed E-state index contributed by atoms with van der Waals surface area (Å²) in [6.45, 7) is 0.230. The summed E-state index contributed by atoms with van der Waals surface area (Å²) in [5, 5.41) is 9.23. The Morgan fingerprint density at radius 2 is 1.52 bits per heavy atom. The van der Waals surface area contributed by atoms with Crippen molar-refractivity contribution in [2.24, 2.45) is 0 Å². The predicted molar refractivity (Wildman–Crippen MR) is 97.3 cm³/mol. The van der Waals surface area contributed by atoms with Gasteiger partial charge < -0.3 is 4.74 Å². The van der Waals surface area contributed by atoms with Gasteiger partial charge in [0.05, 0.1) is 11.1 Å². The molecule has 0 amide bonds. The van der Waals surface area contributed by atoms with Crippen molar-refractivity contribution in [2.45, 2.75) is 16.4 Å². The highest BCUT2D eigenvalue weighted by molar-refractivity contribution is 7.99. The minimum Gasteiger partial charge on any atom is -0.457 e. The highest BCUT2D eigenvalue weighted by Gasteiger charge is 2.14. The zero-order valence-corrected chi connectivity index (χ0v) is 14.2. The second kappa shape index (κ2) is 8.18. The fourth-order valence-corrected chi connectivity index (χ4v) is 3.31. The van der Waals surface area contributed by atoms with E-state index in [9.17, 15) is 10.1 Å². The molecule has 0 bridgehead atoms. The molecule has 0 N–H and O–H groups in total. The van der Waals surface area contributed by atoms with Crippen LogP contribution in [0.3, 0.4) is 0 Å². The van der Waals surface area contributed by atoms with Crippen molar-refractivity contribution >= 4 is 17.7 Å². The number of esters is 1. The lowest BCUT2D eigenvalue weighted by Gasteiger charge is -2.10. The van der Waals surface area contributed by atoms with Crippen LogP contribution in [0.2, 0.25) is 0 Å². The van der Waals surface area contributed by atoms with Crippen molar-refractivity contribution in [3.8, 4) is 6.07 Å². The molecule has 0 radical (unpaired) electrons. The Morgan fingerprint density at radius 3 is 2.28 bits per heavy atom. The molecule has 0 saturated heterocycles. The molecule has 0 aromatic heterocycles. The van der Waals surface area contributed by atoms with Crippen LogP contribution in [0.25, 0.3) is 0 Å². The van der Waals surface area contributed by atoms with Gasteiger partial charge in [0.1, 0.15) is 12.7 Å². The molecule has 0 atom stereocenters. The highest BCUT2D eigenvalue weighted by Crippen LogP contribution is 2.32. The molecule has 3 rings (SSSR count). The SMILES string of the molecule is N#Cc1ccccc1Sc1ccccc1C(=O)OCc1ccccc1. The Bertz CT molecular complexity index is 916. The van der Waals surface area contributed by atoms with Gasteiger partial charge in [0.15, 0.2) is 0 Å². The molecule has 0 unspecified atom stereocenters. The van der Waals surface area contributed by atoms with Crippen LogP contribution in [0, 0.1) is 11.3 Å². The molecule has 3 aromatic carbocycles. The van der Waals surface area contributed by atoms with Crippen molar-refractivity contribution in [3.05, 3.63) is 95.6 Å². The number of hydrogen-bond donors (Lipinski definition) is 0. The minimum absolute atomic E-state index is 0.230. The van der Waals surface area contributed by atoms with Gasteiger partial charge in [-0.2, -0.15) is 5.26 Å². The molecule has 0 spiro atoms. The maximum Gasteiger partial charge on any atom is 0.339 e. The summed E-state index contributed by atoms with van der Waals surface area (Å²) in [5.41, 5.74) is 2.02. The normalized spacial score (nSPS) is 10.0. The molecule has 122 valence electrons. The molecular formula is C21H15NO2S. The fraction of sp³-hybridized carbons (Fsp3) is 0.0476. The van der Waals surface area contributed by atoms with E-state index in [1.54, 1.807) is 18.2 Å². The number of nitrogens with zero attached hydrogens (tertiary/aromatic N) is 1. The lowest BCUT2D eigenvalue weighted by atomic mass is 10.2. The predicted octanol–water partition coefficient (Wildman–Crippen LogP) is 5.07. The van der Waals surface area contributed by atoms with Crippen molar-refractivity contribution < 1.29 is 9.53 Å². The van der Waals surface area contributed by atoms with Crippen molar-refractivity contribution in [3.63, 3.8) is 0 Å². The van der Waals surface area contributed by atoms with E-state index in [1.165, 1.54) is 11.8 Å². The van der Waals surface area contributed by atoms with E-state index in [0.717, 1.165) is 15.4 Å². The van der Waals surface area contributed by atoms with Gasteiger partial charge in [-0.25, -0.2) is 4.79 Å². The molecule has 0 aliphatic rings. The standard InChI is InChI=1S/C21H15NO2S/c22-14-17-10-4-6-12-19(17)25-20-13-7-5-11-18(20)21(23)24-15-16-8-2-1-3-9-16/h1-13H,15H2. The van der Waals surface area contributed by atoms with Crippen LogP contribution in [-0.4, -0.2) is 5.97 Å². The Morgan fingerprint density at radius 1 is 0.880 bits per heavy atom. The summed E-state index contributed by atoms with van der Waals surface area (Å²) >= 11 is 1.39. The Labute approximate surface area is 150 Å². The molecule has 0 aliphatic carbocycles. The molecule has 0 saturated carbocycles. The van der Waals surface area contributed by atoms with Gasteiger partial charge in [-0.15, -0.1) is 0 Å². The van der Waals surface area contributed by atoms with Crippen LogP contribution >= 0.6 is 11.8 Å². The summed E-state index contributed by atoms with van der Waals surface area (Å²) in [6, 6.07) is 26.3. The Kier molecular flexibility index (Phi) is 5.50. The number of ether oxygens (including phenoxy) is 1. The van der Waals surface area contributed by atoms with E-state index in [2.05, 4.69) is 6.07 Å². The van der Waals surface area contributed by atoms with Crippen molar-refractivity contribution in [1.82, 2.24) is 0 Å². The Hall–Kier alpha value is -3.03. The van der Waals surface area contributed by atoms with Gasteiger partial charge in [-0.1, -0.05) is 66.4 Å². The van der Waals surface area contributed by atoms with Crippen molar-refractivity contribution in [2.75, 3.05) is 0 Å². The van der Waals surface area contributed by atoms with E-state index in [1.807, 2.05) is 60.7 Å². The fourth-order valence-electron chi connectivity index (χ4n) is 2.29. The van der Waals surface area contributed by atoms with Gasteiger partial charge in [-0.05, 0) is 29.8 Å². The van der Waals surface area contributed by atoms with E-state index < -0.39 is 0 Å². The first-order chi connectivity index (χ1) is 12.3. The third kappa shape index (κ3) is 4.28. The number of hydrogen-bond acceptors (Lipinski definition) is 4. The van der Waals surface area contributed by atoms with Gasteiger partial charge in [0.2, 0.25) is 0 Å². The van der Waals surface area contributed by atoms with Crippen LogP contribution in [0.15, 0.2) is 88.7 Å². The minimum atomic E-state index is -0.374. The summed E-state index contributed by atoms with van der Waals surface area (Å²) in [5.74, 6) is -0.374. The number of nitriles is 1. The first-order valence-corrected chi connectivity index (χ1v) is 8.56. The average molecular weight is 345 g/mol. The van der Waals surface area contributed by atoms with E-state index >= 15 is 0 Å². The first-order valence-electron chi connectivity index (χ1n) is 7.75. The van der Waals surface area contributed by atoms with Crippen LogP contribution in [0.5, 0.6) is 0 Å². The van der Waals surface area contributed by atoms with Crippen LogP contribution in [-0.2, 0) is 11.3 Å². The number of rotatable bonds is 5. The third-order valence-corrected chi connectivity index (χ3v) is 4.70. The zero-order valence-electron chi connectivity index (χ0n) is 13.4. The van der Waals surface area contributed by atoms with Gasteiger partial charge in [0, 0.05) is 9.79 Å². The van der Waals surface area contributed by atoms with Crippen molar-refractivity contribution in [1.29, 1.82) is 5.26 Å². The second-order valence-electron chi connectivity index (χ2n) is 5.27. The van der Waals surface area contributed by atoms with Gasteiger partial charge >= 0.3 is 5.97 Å². The maximum atomic E-state index is 12.5. The Balaban J connectivity index is 1.79. The molecule has 0 heterocycles. The molecular weight excluding hydrogens is 330 g/mol. The number of carbonyl (C=O) groups excluding carboxylic acids is 1. The first kappa shape index (κ1) is 16.8. The zero-order chi connectivity index (χ0) is 17.5. The largest absolute Gasteiger partial charge is 0.457 e. The summed E-state index contributed by atoms with van der Waals surface area (Å²) in [6.07, 6.45) is 0. The summed E-state index contributed by atoms with van der Waals surface area (Å²) in [7, 11) is 0. The summed E-state index contributed by atoms with van der Waals surface area (Å²) in [4.78, 5) is 14.1. The van der Waals surface area contributed by atoms with Crippen LogP contribution in [0.1, 0.15) is 21.5 Å². The number of benzene rings is 3. The van der Waals surface area contributed by atoms with Crippen LogP contribution in [0.4, 0.5) is 0 Å². The molecule has 0 fully saturated rings. The topological polar surface area (TPSA) is 50.1 Å². The van der Waals surface area contributed by atoms with Gasteiger partial charge in [-0.3, -0.25) is 0 Å². The molecule has 3 aromatic rings. The average Bonchev–Trinajstić information content (AvgIpc) is 2.68. The summed E-state index contributed by atoms with van der Waals surface area (Å²) < 4.78 is 5.43. The molecule has 25 heavy (non-hydrogen) atoms. The van der Waals surface area contributed by atoms with E-state index in [-0.39, 0.29) is 12.6 Å². The lowest BCUT2D eigenvalue weighted by Crippen LogP contribution is -2.06. The van der Waals surface area contributed by atoms with E-state index in [4.69, 9.17) is 4.74 Å². The van der Waals surface area contributed by atoms with E-state index in [0.29, 0.717) is 11.1 Å². The van der Waals surface area contributed by atoms with Crippen LogP contribution < -0.4 is 0 Å². The lowest BCUT2D eigenvalue weighted by molar-refractivity contribution is 0.0468. The molecule has 0 aliphatic heterocycles. The second-order valence-corrected chi connectivity index (χ2v) is 6.35. The molecule has 3 nitrogen and oxygen atoms in total. The molecule has 4 heteroatoms. The monoisotopic (exact) mass is 345 g/mol. The quantitative estimate of drug-likeness (QED) is 0.606. The smallest absolute Gasteiger partial charge is 0.339 e. The number of carbonyl (C=O) groups is 1. The maximum absolute atomic E-state index is 12.5.